The molecule has 0 aliphatic carbocycles. The Balaban J connectivity index is 2.47. The minimum atomic E-state index is -0.834. The number of hydrogen-bond donors (Lipinski definition) is 1. The third kappa shape index (κ3) is 4.77. The zero-order valence-corrected chi connectivity index (χ0v) is 17.2. The molecule has 0 amide bonds. The Morgan fingerprint density at radius 3 is 2.21 bits per heavy atom. The zero-order valence-electron chi connectivity index (χ0n) is 17.2. The lowest BCUT2D eigenvalue weighted by Gasteiger charge is -2.26. The minimum Gasteiger partial charge on any atom is -0.480 e. The maximum atomic E-state index is 9.70. The Morgan fingerprint density at radius 1 is 1.07 bits per heavy atom. The Hall–Kier alpha value is -3.27. The predicted molar refractivity (Wildman–Crippen MR) is 111 cm³/mol. The quantitative estimate of drug-likeness (QED) is 0.671. The van der Waals surface area contributed by atoms with Gasteiger partial charge >= 0.3 is 0 Å². The molecule has 0 aromatic heterocycles. The van der Waals surface area contributed by atoms with Crippen LogP contribution in [0.15, 0.2) is 41.2 Å². The number of unbranched alkanes of at least 4 members (excludes halogenated alkanes) is 1. The highest BCUT2D eigenvalue weighted by molar-refractivity contribution is 5.84. The van der Waals surface area contributed by atoms with Gasteiger partial charge in [-0.15, -0.1) is 0 Å². The van der Waals surface area contributed by atoms with Gasteiger partial charge in [0.25, 0.3) is 0 Å². The summed E-state index contributed by atoms with van der Waals surface area (Å²) in [5.41, 5.74) is 1.73. The molecular formula is C23H26N4O2. The lowest BCUT2D eigenvalue weighted by molar-refractivity contribution is 0.109. The van der Waals surface area contributed by atoms with Gasteiger partial charge in [-0.25, -0.2) is 0 Å². The number of nitrogens with zero attached hydrogens (tertiary/aromatic N) is 4. The molecule has 150 valence electrons. The Morgan fingerprint density at radius 2 is 1.69 bits per heavy atom. The number of rotatable bonds is 8. The fourth-order valence-electron chi connectivity index (χ4n) is 3.49. The topological polar surface area (TPSA) is 104 Å². The number of anilines is 1. The van der Waals surface area contributed by atoms with Crippen molar-refractivity contribution < 1.29 is 9.84 Å². The van der Waals surface area contributed by atoms with Gasteiger partial charge in [0, 0.05) is 31.0 Å². The maximum absolute atomic E-state index is 9.70. The number of aliphatic hydroxyl groups is 1. The van der Waals surface area contributed by atoms with Gasteiger partial charge < -0.3 is 14.7 Å². The van der Waals surface area contributed by atoms with Crippen LogP contribution in [-0.4, -0.2) is 30.4 Å². The summed E-state index contributed by atoms with van der Waals surface area (Å²) in [6, 6.07) is 13.6. The molecule has 0 atom stereocenters. The summed E-state index contributed by atoms with van der Waals surface area (Å²) < 4.78 is 5.85. The van der Waals surface area contributed by atoms with E-state index in [0.717, 1.165) is 37.2 Å². The van der Waals surface area contributed by atoms with Crippen LogP contribution in [0.4, 0.5) is 5.69 Å². The van der Waals surface area contributed by atoms with E-state index in [0.29, 0.717) is 12.0 Å². The smallest absolute Gasteiger partial charge is 0.172 e. The van der Waals surface area contributed by atoms with Crippen LogP contribution in [0.3, 0.4) is 0 Å². The number of aliphatic hydroxyl groups excluding tert-OH is 1. The van der Waals surface area contributed by atoms with E-state index in [1.165, 1.54) is 0 Å². The molecule has 0 saturated heterocycles. The number of benzene rings is 1. The van der Waals surface area contributed by atoms with Crippen LogP contribution in [0.5, 0.6) is 0 Å². The van der Waals surface area contributed by atoms with E-state index in [1.54, 1.807) is 0 Å². The third-order valence-electron chi connectivity index (χ3n) is 4.89. The Kier molecular flexibility index (Phi) is 7.43. The standard InChI is InChI=1S/C23H26N4O2/c1-4-5-11-27(12-6-13-28)19-9-7-17(8-10-19)21-20(16-26)22(18(14-24)15-25)29-23(21,2)3/h7-10,28H,4-6,11-13H2,1-3H3. The van der Waals surface area contributed by atoms with E-state index >= 15 is 0 Å². The molecule has 1 aliphatic heterocycles. The van der Waals surface area contributed by atoms with Gasteiger partial charge in [0.05, 0.1) is 0 Å². The lowest BCUT2D eigenvalue weighted by atomic mass is 9.89. The first-order valence-corrected chi connectivity index (χ1v) is 9.78. The van der Waals surface area contributed by atoms with Gasteiger partial charge in [-0.05, 0) is 44.4 Å². The molecule has 2 rings (SSSR count). The highest BCUT2D eigenvalue weighted by Crippen LogP contribution is 2.45. The molecule has 0 spiro atoms. The molecule has 1 aliphatic rings. The summed E-state index contributed by atoms with van der Waals surface area (Å²) in [4.78, 5) is 2.24. The molecule has 29 heavy (non-hydrogen) atoms. The molecule has 6 nitrogen and oxygen atoms in total. The fourth-order valence-corrected chi connectivity index (χ4v) is 3.49. The number of allylic oxidation sites excluding steroid dienone is 2. The van der Waals surface area contributed by atoms with Gasteiger partial charge in [0.15, 0.2) is 11.3 Å². The number of hydrogen-bond acceptors (Lipinski definition) is 6. The van der Waals surface area contributed by atoms with E-state index in [1.807, 2.05) is 50.3 Å². The van der Waals surface area contributed by atoms with Gasteiger partial charge in [-0.2, -0.15) is 15.8 Å². The van der Waals surface area contributed by atoms with E-state index in [9.17, 15) is 20.9 Å². The van der Waals surface area contributed by atoms with Gasteiger partial charge in [0.1, 0.15) is 29.4 Å². The van der Waals surface area contributed by atoms with E-state index in [4.69, 9.17) is 4.74 Å². The molecule has 1 aromatic carbocycles. The second-order valence-electron chi connectivity index (χ2n) is 7.37. The van der Waals surface area contributed by atoms with Crippen molar-refractivity contribution >= 4 is 11.3 Å². The summed E-state index contributed by atoms with van der Waals surface area (Å²) in [7, 11) is 0. The van der Waals surface area contributed by atoms with Crippen molar-refractivity contribution in [3.8, 4) is 18.2 Å². The number of nitriles is 3. The number of ether oxygens (including phenoxy) is 1. The summed E-state index contributed by atoms with van der Waals surface area (Å²) in [5, 5.41) is 37.3. The van der Waals surface area contributed by atoms with Crippen molar-refractivity contribution in [3.05, 3.63) is 46.7 Å². The first-order chi connectivity index (χ1) is 13.9. The molecular weight excluding hydrogens is 364 g/mol. The monoisotopic (exact) mass is 390 g/mol. The van der Waals surface area contributed by atoms with Gasteiger partial charge in [-0.3, -0.25) is 0 Å². The molecule has 0 unspecified atom stereocenters. The van der Waals surface area contributed by atoms with Crippen LogP contribution in [-0.2, 0) is 4.74 Å². The predicted octanol–water partition coefficient (Wildman–Crippen LogP) is 4.06. The summed E-state index contributed by atoms with van der Waals surface area (Å²) >= 11 is 0. The largest absolute Gasteiger partial charge is 0.480 e. The van der Waals surface area contributed by atoms with Crippen molar-refractivity contribution in [2.75, 3.05) is 24.6 Å². The molecule has 6 heteroatoms. The molecule has 1 heterocycles. The van der Waals surface area contributed by atoms with Crippen molar-refractivity contribution in [3.63, 3.8) is 0 Å². The zero-order chi connectivity index (χ0) is 21.4. The Labute approximate surface area is 172 Å². The second kappa shape index (κ2) is 9.78. The van der Waals surface area contributed by atoms with E-state index in [2.05, 4.69) is 17.9 Å². The summed E-state index contributed by atoms with van der Waals surface area (Å²) in [6.45, 7) is 7.63. The van der Waals surface area contributed by atoms with Crippen LogP contribution in [0, 0.1) is 34.0 Å². The van der Waals surface area contributed by atoms with Gasteiger partial charge in [0.2, 0.25) is 0 Å². The van der Waals surface area contributed by atoms with Crippen molar-refractivity contribution in [2.45, 2.75) is 45.6 Å². The fraction of sp³-hybridized carbons (Fsp3) is 0.435. The van der Waals surface area contributed by atoms with Crippen LogP contribution in [0.25, 0.3) is 5.57 Å². The molecule has 1 aromatic rings. The van der Waals surface area contributed by atoms with E-state index in [-0.39, 0.29) is 23.5 Å². The van der Waals surface area contributed by atoms with Crippen molar-refractivity contribution in [1.82, 2.24) is 0 Å². The van der Waals surface area contributed by atoms with E-state index < -0.39 is 5.60 Å². The van der Waals surface area contributed by atoms with Crippen LogP contribution >= 0.6 is 0 Å². The Bertz CT molecular complexity index is 898. The van der Waals surface area contributed by atoms with Crippen LogP contribution in [0.1, 0.15) is 45.6 Å². The summed E-state index contributed by atoms with van der Waals surface area (Å²) in [6.07, 6.45) is 2.86. The third-order valence-corrected chi connectivity index (χ3v) is 4.89. The minimum absolute atomic E-state index is 0.0501. The molecule has 0 fully saturated rings. The molecule has 0 bridgehead atoms. The molecule has 1 N–H and O–H groups in total. The lowest BCUT2D eigenvalue weighted by Crippen LogP contribution is -2.26. The maximum Gasteiger partial charge on any atom is 0.172 e. The SMILES string of the molecule is CCCCN(CCCO)c1ccc(C2=C(C#N)C(=C(C#N)C#N)OC2(C)C)cc1. The average molecular weight is 390 g/mol. The van der Waals surface area contributed by atoms with Crippen LogP contribution in [0.2, 0.25) is 0 Å². The summed E-state index contributed by atoms with van der Waals surface area (Å²) in [5.74, 6) is 0.0501. The van der Waals surface area contributed by atoms with Crippen LogP contribution < -0.4 is 4.90 Å². The normalized spacial score (nSPS) is 14.6. The van der Waals surface area contributed by atoms with Crippen molar-refractivity contribution in [2.24, 2.45) is 0 Å². The average Bonchev–Trinajstić information content (AvgIpc) is 2.99. The van der Waals surface area contributed by atoms with Gasteiger partial charge in [-0.1, -0.05) is 25.5 Å². The first-order valence-electron chi connectivity index (χ1n) is 9.78. The first kappa shape index (κ1) is 22.0. The second-order valence-corrected chi connectivity index (χ2v) is 7.37. The highest BCUT2D eigenvalue weighted by Gasteiger charge is 2.40. The molecule has 0 saturated carbocycles. The highest BCUT2D eigenvalue weighted by atomic mass is 16.5. The molecule has 0 radical (unpaired) electrons. The van der Waals surface area contributed by atoms with Crippen molar-refractivity contribution in [1.29, 1.82) is 15.8 Å².